The van der Waals surface area contributed by atoms with Crippen molar-refractivity contribution in [2.24, 2.45) is 10.7 Å². The Labute approximate surface area is 196 Å². The number of amides is 1. The molecule has 1 atom stereocenters. The molecule has 1 aromatic heterocycles. The van der Waals surface area contributed by atoms with E-state index < -0.39 is 20.1 Å². The quantitative estimate of drug-likeness (QED) is 0.661. The van der Waals surface area contributed by atoms with Crippen LogP contribution in [0.5, 0.6) is 0 Å². The predicted molar refractivity (Wildman–Crippen MR) is 125 cm³/mol. The van der Waals surface area contributed by atoms with Crippen LogP contribution in [0.25, 0.3) is 0 Å². The number of hydrogen-bond acceptors (Lipinski definition) is 6. The zero-order chi connectivity index (χ0) is 23.1. The van der Waals surface area contributed by atoms with Gasteiger partial charge in [0.2, 0.25) is 0 Å². The highest BCUT2D eigenvalue weighted by atomic mass is 35.5. The van der Waals surface area contributed by atoms with Crippen LogP contribution >= 0.6 is 22.9 Å². The Hall–Kier alpha value is -1.97. The van der Waals surface area contributed by atoms with Crippen molar-refractivity contribution in [3.05, 3.63) is 56.5 Å². The standard InChI is InChI=1S/C22H25ClFN3O3S2/c1-21(13-32(29,30)22(20(25)27-21)9-3-2-4-10-22)18-16(23)11-17(31-18)19(28)26-12-14-5-7-15(24)8-6-14/h5-8,11H,2-4,9-10,12-13H2,1H3,(H2,25,27)(H,26,28). The fourth-order valence-electron chi connectivity index (χ4n) is 4.59. The fourth-order valence-corrected chi connectivity index (χ4v) is 8.73. The first-order valence-electron chi connectivity index (χ1n) is 10.5. The van der Waals surface area contributed by atoms with Gasteiger partial charge in [-0.2, -0.15) is 0 Å². The predicted octanol–water partition coefficient (Wildman–Crippen LogP) is 4.17. The first-order valence-corrected chi connectivity index (χ1v) is 13.3. The molecule has 1 spiro atoms. The molecule has 32 heavy (non-hydrogen) atoms. The van der Waals surface area contributed by atoms with Crippen LogP contribution in [0.1, 0.15) is 59.1 Å². The molecule has 1 aromatic carbocycles. The minimum absolute atomic E-state index is 0.151. The first-order chi connectivity index (χ1) is 15.1. The second-order valence-corrected chi connectivity index (χ2v) is 12.4. The molecule has 6 nitrogen and oxygen atoms in total. The van der Waals surface area contributed by atoms with Crippen LogP contribution in [-0.2, 0) is 21.9 Å². The molecule has 2 heterocycles. The summed E-state index contributed by atoms with van der Waals surface area (Å²) in [5, 5.41) is 3.06. The largest absolute Gasteiger partial charge is 0.386 e. The number of aliphatic imine (C=N–C) groups is 1. The van der Waals surface area contributed by atoms with E-state index in [2.05, 4.69) is 10.3 Å². The summed E-state index contributed by atoms with van der Waals surface area (Å²) in [4.78, 5) is 18.2. The molecule has 172 valence electrons. The fraction of sp³-hybridized carbons (Fsp3) is 0.455. The van der Waals surface area contributed by atoms with Gasteiger partial charge in [0, 0.05) is 6.54 Å². The Kier molecular flexibility index (Phi) is 6.11. The van der Waals surface area contributed by atoms with E-state index >= 15 is 0 Å². The summed E-state index contributed by atoms with van der Waals surface area (Å²) >= 11 is 7.57. The summed E-state index contributed by atoms with van der Waals surface area (Å²) in [5.74, 6) is -0.745. The van der Waals surface area contributed by atoms with Crippen molar-refractivity contribution in [2.75, 3.05) is 5.75 Å². The second-order valence-electron chi connectivity index (χ2n) is 8.68. The molecule has 1 amide bonds. The smallest absolute Gasteiger partial charge is 0.261 e. The summed E-state index contributed by atoms with van der Waals surface area (Å²) in [6, 6.07) is 7.36. The van der Waals surface area contributed by atoms with Gasteiger partial charge in [0.1, 0.15) is 21.9 Å². The number of carbonyl (C=O) groups is 1. The number of amidine groups is 1. The molecule has 0 bridgehead atoms. The lowest BCUT2D eigenvalue weighted by Gasteiger charge is -2.43. The number of sulfone groups is 1. The number of nitrogens with zero attached hydrogens (tertiary/aromatic N) is 1. The van der Waals surface area contributed by atoms with E-state index in [9.17, 15) is 17.6 Å². The molecule has 1 unspecified atom stereocenters. The van der Waals surface area contributed by atoms with Crippen molar-refractivity contribution < 1.29 is 17.6 Å². The van der Waals surface area contributed by atoms with Crippen LogP contribution < -0.4 is 11.1 Å². The highest BCUT2D eigenvalue weighted by Gasteiger charge is 2.55. The first kappa shape index (κ1) is 23.2. The third kappa shape index (κ3) is 4.06. The maximum absolute atomic E-state index is 13.4. The number of rotatable bonds is 4. The summed E-state index contributed by atoms with van der Waals surface area (Å²) in [7, 11) is -3.57. The van der Waals surface area contributed by atoms with E-state index in [1.807, 2.05) is 0 Å². The van der Waals surface area contributed by atoms with Crippen LogP contribution in [0.2, 0.25) is 5.02 Å². The van der Waals surface area contributed by atoms with Gasteiger partial charge in [-0.05, 0) is 43.5 Å². The molecule has 2 aromatic rings. The highest BCUT2D eigenvalue weighted by molar-refractivity contribution is 7.93. The number of halogens is 2. The van der Waals surface area contributed by atoms with Crippen molar-refractivity contribution in [2.45, 2.75) is 55.9 Å². The zero-order valence-corrected chi connectivity index (χ0v) is 20.0. The summed E-state index contributed by atoms with van der Waals surface area (Å²) in [6.45, 7) is 1.92. The van der Waals surface area contributed by atoms with Crippen LogP contribution in [0.4, 0.5) is 4.39 Å². The molecule has 3 N–H and O–H groups in total. The van der Waals surface area contributed by atoms with E-state index in [1.54, 1.807) is 19.1 Å². The van der Waals surface area contributed by atoms with Crippen molar-refractivity contribution in [3.63, 3.8) is 0 Å². The molecule has 2 aliphatic rings. The summed E-state index contributed by atoms with van der Waals surface area (Å²) in [6.07, 6.45) is 3.61. The Balaban J connectivity index is 1.59. The Morgan fingerprint density at radius 2 is 1.91 bits per heavy atom. The monoisotopic (exact) mass is 497 g/mol. The Morgan fingerprint density at radius 3 is 2.53 bits per heavy atom. The molecule has 1 aliphatic heterocycles. The number of benzene rings is 1. The molecule has 1 aliphatic carbocycles. The van der Waals surface area contributed by atoms with E-state index in [4.69, 9.17) is 17.3 Å². The van der Waals surface area contributed by atoms with E-state index in [0.29, 0.717) is 22.6 Å². The maximum Gasteiger partial charge on any atom is 0.261 e. The topological polar surface area (TPSA) is 102 Å². The van der Waals surface area contributed by atoms with Crippen molar-refractivity contribution in [1.29, 1.82) is 0 Å². The summed E-state index contributed by atoms with van der Waals surface area (Å²) < 4.78 is 38.7. The third-order valence-electron chi connectivity index (χ3n) is 6.33. The SMILES string of the molecule is CC1(c2sc(C(=O)NCc3ccc(F)cc3)cc2Cl)CS(=O)(=O)C2(CCCCC2)C(N)=N1. The average Bonchev–Trinajstić information content (AvgIpc) is 3.15. The van der Waals surface area contributed by atoms with Gasteiger partial charge in [0.05, 0.1) is 20.5 Å². The Morgan fingerprint density at radius 1 is 1.25 bits per heavy atom. The van der Waals surface area contributed by atoms with Gasteiger partial charge in [-0.1, -0.05) is 43.0 Å². The van der Waals surface area contributed by atoms with Gasteiger partial charge in [-0.15, -0.1) is 11.3 Å². The molecular weight excluding hydrogens is 473 g/mol. The third-order valence-corrected chi connectivity index (χ3v) is 10.9. The molecule has 0 radical (unpaired) electrons. The minimum Gasteiger partial charge on any atom is -0.386 e. The molecule has 0 saturated heterocycles. The number of nitrogens with two attached hydrogens (primary N) is 1. The lowest BCUT2D eigenvalue weighted by atomic mass is 9.86. The minimum atomic E-state index is -3.57. The zero-order valence-electron chi connectivity index (χ0n) is 17.7. The molecular formula is C22H25ClFN3O3S2. The number of thiophene rings is 1. The molecule has 4 rings (SSSR count). The molecule has 1 saturated carbocycles. The molecule has 10 heteroatoms. The van der Waals surface area contributed by atoms with Gasteiger partial charge >= 0.3 is 0 Å². The maximum atomic E-state index is 13.4. The van der Waals surface area contributed by atoms with Gasteiger partial charge < -0.3 is 11.1 Å². The Bertz CT molecular complexity index is 1170. The van der Waals surface area contributed by atoms with Gasteiger partial charge in [0.15, 0.2) is 9.84 Å². The second kappa shape index (κ2) is 8.43. The van der Waals surface area contributed by atoms with E-state index in [1.165, 1.54) is 18.2 Å². The number of nitrogens with one attached hydrogen (secondary N) is 1. The highest BCUT2D eigenvalue weighted by Crippen LogP contribution is 2.47. The lowest BCUT2D eigenvalue weighted by molar-refractivity contribution is 0.0955. The van der Waals surface area contributed by atoms with Crippen molar-refractivity contribution in [1.82, 2.24) is 5.32 Å². The van der Waals surface area contributed by atoms with Gasteiger partial charge in [0.25, 0.3) is 5.91 Å². The number of carbonyl (C=O) groups excluding carboxylic acids is 1. The summed E-state index contributed by atoms with van der Waals surface area (Å²) in [5.41, 5.74) is 5.90. The van der Waals surface area contributed by atoms with Gasteiger partial charge in [-0.25, -0.2) is 12.8 Å². The lowest BCUT2D eigenvalue weighted by Crippen LogP contribution is -2.58. The van der Waals surface area contributed by atoms with E-state index in [0.717, 1.165) is 36.2 Å². The average molecular weight is 498 g/mol. The van der Waals surface area contributed by atoms with E-state index in [-0.39, 0.29) is 34.9 Å². The van der Waals surface area contributed by atoms with Gasteiger partial charge in [-0.3, -0.25) is 9.79 Å². The van der Waals surface area contributed by atoms with Crippen molar-refractivity contribution in [3.8, 4) is 0 Å². The normalized spacial score (nSPS) is 24.2. The van der Waals surface area contributed by atoms with Crippen molar-refractivity contribution >= 4 is 44.5 Å². The number of hydrogen-bond donors (Lipinski definition) is 2. The van der Waals surface area contributed by atoms with Crippen LogP contribution in [-0.4, -0.2) is 30.7 Å². The van der Waals surface area contributed by atoms with Crippen LogP contribution in [0.3, 0.4) is 0 Å². The molecule has 1 fully saturated rings. The van der Waals surface area contributed by atoms with Crippen LogP contribution in [0.15, 0.2) is 35.3 Å². The van der Waals surface area contributed by atoms with Crippen LogP contribution in [0, 0.1) is 5.82 Å².